The highest BCUT2D eigenvalue weighted by Gasteiger charge is 2.12. The molecule has 0 saturated heterocycles. The number of benzene rings is 2. The van der Waals surface area contributed by atoms with Crippen LogP contribution in [0, 0.1) is 0 Å². The molecular weight excluding hydrogens is 318 g/mol. The Morgan fingerprint density at radius 2 is 1.91 bits per heavy atom. The van der Waals surface area contributed by atoms with Crippen LogP contribution >= 0.6 is 11.6 Å². The molecule has 0 spiro atoms. The fourth-order valence-electron chi connectivity index (χ4n) is 1.78. The van der Waals surface area contributed by atoms with Crippen molar-refractivity contribution in [3.05, 3.63) is 64.7 Å². The zero-order chi connectivity index (χ0) is 16.7. The summed E-state index contributed by atoms with van der Waals surface area (Å²) in [5.74, 6) is -1.18. The molecule has 0 amide bonds. The Hall–Kier alpha value is -2.66. The van der Waals surface area contributed by atoms with Gasteiger partial charge < -0.3 is 9.47 Å². The third kappa shape index (κ3) is 4.93. The van der Waals surface area contributed by atoms with Crippen LogP contribution in [0.3, 0.4) is 0 Å². The Labute approximate surface area is 138 Å². The maximum absolute atomic E-state index is 11.7. The minimum absolute atomic E-state index is 0.144. The molecule has 6 heteroatoms. The van der Waals surface area contributed by atoms with Gasteiger partial charge in [0.25, 0.3) is 0 Å². The summed E-state index contributed by atoms with van der Waals surface area (Å²) in [6, 6.07) is 13.8. The summed E-state index contributed by atoms with van der Waals surface area (Å²) in [4.78, 5) is 27.3. The van der Waals surface area contributed by atoms with Gasteiger partial charge in [-0.3, -0.25) is 0 Å². The summed E-state index contributed by atoms with van der Waals surface area (Å²) < 4.78 is 9.73. The molecule has 0 heterocycles. The first-order valence-electron chi connectivity index (χ1n) is 6.73. The van der Waals surface area contributed by atoms with Crippen molar-refractivity contribution in [1.82, 2.24) is 0 Å². The number of carbonyl (C=O) groups excluding carboxylic acids is 2. The maximum atomic E-state index is 11.7. The lowest BCUT2D eigenvalue weighted by Gasteiger charge is -2.04. The average molecular weight is 332 g/mol. The zero-order valence-corrected chi connectivity index (χ0v) is 13.1. The van der Waals surface area contributed by atoms with Gasteiger partial charge in [-0.15, -0.1) is 0 Å². The van der Waals surface area contributed by atoms with Crippen molar-refractivity contribution in [2.45, 2.75) is 6.61 Å². The molecule has 2 aromatic carbocycles. The third-order valence-electron chi connectivity index (χ3n) is 2.90. The molecular formula is C17H14ClNO4. The van der Waals surface area contributed by atoms with Crippen LogP contribution in [0.25, 0.3) is 0 Å². The number of carbonyl (C=O) groups is 2. The van der Waals surface area contributed by atoms with Crippen molar-refractivity contribution in [3.63, 3.8) is 0 Å². The van der Waals surface area contributed by atoms with Crippen molar-refractivity contribution in [2.75, 3.05) is 7.11 Å². The Bertz CT molecular complexity index is 729. The molecule has 0 aliphatic carbocycles. The number of halogens is 1. The first kappa shape index (κ1) is 16.7. The van der Waals surface area contributed by atoms with Crippen LogP contribution in [-0.4, -0.2) is 25.3 Å². The van der Waals surface area contributed by atoms with E-state index in [0.717, 1.165) is 11.8 Å². The minimum atomic E-state index is -0.621. The van der Waals surface area contributed by atoms with Gasteiger partial charge in [-0.25, -0.2) is 14.6 Å². The van der Waals surface area contributed by atoms with E-state index in [2.05, 4.69) is 9.73 Å². The van der Waals surface area contributed by atoms with Crippen LogP contribution in [0.2, 0.25) is 5.02 Å². The SMILES string of the molecule is COC(=O)c1ccc(Cl)cc1/N=C\C(=O)OCc1ccccc1. The summed E-state index contributed by atoms with van der Waals surface area (Å²) in [5, 5.41) is 0.391. The second-order valence-electron chi connectivity index (χ2n) is 4.50. The number of esters is 2. The van der Waals surface area contributed by atoms with Gasteiger partial charge in [0.2, 0.25) is 0 Å². The van der Waals surface area contributed by atoms with Crippen molar-refractivity contribution >= 4 is 35.4 Å². The van der Waals surface area contributed by atoms with E-state index >= 15 is 0 Å². The lowest BCUT2D eigenvalue weighted by atomic mass is 10.2. The number of methoxy groups -OCH3 is 1. The van der Waals surface area contributed by atoms with Crippen molar-refractivity contribution in [1.29, 1.82) is 0 Å². The van der Waals surface area contributed by atoms with Gasteiger partial charge in [0.05, 0.1) is 18.4 Å². The molecule has 2 aromatic rings. The lowest BCUT2D eigenvalue weighted by Crippen LogP contribution is -2.06. The molecule has 0 radical (unpaired) electrons. The number of aliphatic imine (C=N–C) groups is 1. The van der Waals surface area contributed by atoms with Crippen molar-refractivity contribution in [3.8, 4) is 0 Å². The summed E-state index contributed by atoms with van der Waals surface area (Å²) in [6.07, 6.45) is 1.00. The highest BCUT2D eigenvalue weighted by atomic mass is 35.5. The largest absolute Gasteiger partial charge is 0.465 e. The highest BCUT2D eigenvalue weighted by molar-refractivity contribution is 6.31. The summed E-state index contributed by atoms with van der Waals surface area (Å²) in [5.41, 5.74) is 1.32. The van der Waals surface area contributed by atoms with Crippen LogP contribution in [0.15, 0.2) is 53.5 Å². The Balaban J connectivity index is 2.05. The van der Waals surface area contributed by atoms with E-state index in [-0.39, 0.29) is 17.9 Å². The molecule has 0 unspecified atom stereocenters. The monoisotopic (exact) mass is 331 g/mol. The van der Waals surface area contributed by atoms with Crippen molar-refractivity contribution < 1.29 is 19.1 Å². The van der Waals surface area contributed by atoms with E-state index in [9.17, 15) is 9.59 Å². The van der Waals surface area contributed by atoms with Gasteiger partial charge in [-0.05, 0) is 23.8 Å². The lowest BCUT2D eigenvalue weighted by molar-refractivity contribution is -0.136. The number of hydrogen-bond donors (Lipinski definition) is 0. The molecule has 0 fully saturated rings. The summed E-state index contributed by atoms with van der Waals surface area (Å²) >= 11 is 5.88. The normalized spacial score (nSPS) is 10.5. The van der Waals surface area contributed by atoms with E-state index in [1.54, 1.807) is 6.07 Å². The Morgan fingerprint density at radius 3 is 2.61 bits per heavy atom. The second kappa shape index (κ2) is 8.10. The Morgan fingerprint density at radius 1 is 1.17 bits per heavy atom. The van der Waals surface area contributed by atoms with E-state index in [4.69, 9.17) is 16.3 Å². The van der Waals surface area contributed by atoms with Gasteiger partial charge in [-0.1, -0.05) is 41.9 Å². The highest BCUT2D eigenvalue weighted by Crippen LogP contribution is 2.24. The predicted molar refractivity (Wildman–Crippen MR) is 87.2 cm³/mol. The fourth-order valence-corrected chi connectivity index (χ4v) is 1.95. The number of nitrogens with zero attached hydrogens (tertiary/aromatic N) is 1. The Kier molecular flexibility index (Phi) is 5.88. The van der Waals surface area contributed by atoms with Crippen LogP contribution in [0.5, 0.6) is 0 Å². The molecule has 0 N–H and O–H groups in total. The zero-order valence-electron chi connectivity index (χ0n) is 12.4. The van der Waals surface area contributed by atoms with Crippen LogP contribution in [0.4, 0.5) is 5.69 Å². The van der Waals surface area contributed by atoms with E-state index in [0.29, 0.717) is 5.02 Å². The van der Waals surface area contributed by atoms with E-state index in [1.165, 1.54) is 19.2 Å². The maximum Gasteiger partial charge on any atom is 0.349 e. The van der Waals surface area contributed by atoms with Gasteiger partial charge >= 0.3 is 11.9 Å². The molecule has 2 rings (SSSR count). The standard InChI is InChI=1S/C17H14ClNO4/c1-22-17(21)14-8-7-13(18)9-15(14)19-10-16(20)23-11-12-5-3-2-4-6-12/h2-10H,11H2,1H3/b19-10-. The molecule has 0 aromatic heterocycles. The van der Waals surface area contributed by atoms with Crippen LogP contribution < -0.4 is 0 Å². The summed E-state index contributed by atoms with van der Waals surface area (Å²) in [7, 11) is 1.26. The molecule has 0 atom stereocenters. The van der Waals surface area contributed by atoms with E-state index in [1.807, 2.05) is 30.3 Å². The molecule has 0 bridgehead atoms. The molecule has 23 heavy (non-hydrogen) atoms. The topological polar surface area (TPSA) is 65.0 Å². The quantitative estimate of drug-likeness (QED) is 0.620. The van der Waals surface area contributed by atoms with Crippen molar-refractivity contribution in [2.24, 2.45) is 4.99 Å². The molecule has 0 aliphatic heterocycles. The third-order valence-corrected chi connectivity index (χ3v) is 3.13. The van der Waals surface area contributed by atoms with Gasteiger partial charge in [-0.2, -0.15) is 0 Å². The smallest absolute Gasteiger partial charge is 0.349 e. The first-order valence-corrected chi connectivity index (χ1v) is 7.10. The summed E-state index contributed by atoms with van der Waals surface area (Å²) in [6.45, 7) is 0.144. The average Bonchev–Trinajstić information content (AvgIpc) is 2.58. The van der Waals surface area contributed by atoms with E-state index < -0.39 is 11.9 Å². The number of rotatable bonds is 5. The van der Waals surface area contributed by atoms with Crippen LogP contribution in [0.1, 0.15) is 15.9 Å². The van der Waals surface area contributed by atoms with Gasteiger partial charge in [0, 0.05) is 5.02 Å². The van der Waals surface area contributed by atoms with Crippen LogP contribution in [-0.2, 0) is 20.9 Å². The molecule has 118 valence electrons. The van der Waals surface area contributed by atoms with Gasteiger partial charge in [0.1, 0.15) is 12.8 Å². The fraction of sp³-hybridized carbons (Fsp3) is 0.118. The van der Waals surface area contributed by atoms with Gasteiger partial charge in [0.15, 0.2) is 0 Å². The molecule has 0 saturated carbocycles. The number of hydrogen-bond acceptors (Lipinski definition) is 5. The molecule has 0 aliphatic rings. The minimum Gasteiger partial charge on any atom is -0.465 e. The number of ether oxygens (including phenoxy) is 2. The molecule has 5 nitrogen and oxygen atoms in total. The second-order valence-corrected chi connectivity index (χ2v) is 4.94. The first-order chi connectivity index (χ1) is 11.1. The predicted octanol–water partition coefficient (Wildman–Crippen LogP) is 3.57.